The highest BCUT2D eigenvalue weighted by atomic mass is 28.4. The minimum atomic E-state index is -2.75. The van der Waals surface area contributed by atoms with E-state index in [1.165, 1.54) is 0 Å². The van der Waals surface area contributed by atoms with Crippen molar-refractivity contribution in [1.82, 2.24) is 0 Å². The number of hydrogen-bond acceptors (Lipinski definition) is 5. The van der Waals surface area contributed by atoms with Gasteiger partial charge in [-0.25, -0.2) is 0 Å². The zero-order valence-corrected chi connectivity index (χ0v) is 12.0. The van der Waals surface area contributed by atoms with E-state index in [4.69, 9.17) is 23.1 Å². The molecule has 0 atom stereocenters. The van der Waals surface area contributed by atoms with Crippen LogP contribution in [-0.4, -0.2) is 48.5 Å². The summed E-state index contributed by atoms with van der Waals surface area (Å²) in [5, 5.41) is 9.55. The molecule has 0 radical (unpaired) electrons. The molecule has 6 heteroatoms. The average Bonchev–Trinajstić information content (AvgIpc) is 2.43. The molecule has 0 saturated heterocycles. The Hall–Kier alpha value is -0.923. The van der Waals surface area contributed by atoms with Crippen LogP contribution < -0.4 is 9.92 Å². The largest absolute Gasteiger partial charge is 0.536 e. The second kappa shape index (κ2) is 7.50. The van der Waals surface area contributed by atoms with Crippen molar-refractivity contribution in [3.05, 3.63) is 24.3 Å². The summed E-state index contributed by atoms with van der Waals surface area (Å²) in [6, 6.07) is 7.42. The van der Waals surface area contributed by atoms with Crippen molar-refractivity contribution in [1.29, 1.82) is 0 Å². The number of aliphatic hydroxyl groups is 1. The maximum absolute atomic E-state index is 8.67. The van der Waals surface area contributed by atoms with Gasteiger partial charge in [-0.3, -0.25) is 0 Å². The Balaban J connectivity index is 2.74. The normalized spacial score (nSPS) is 11.6. The molecule has 0 bridgehead atoms. The van der Waals surface area contributed by atoms with E-state index in [-0.39, 0.29) is 6.61 Å². The summed E-state index contributed by atoms with van der Waals surface area (Å²) in [5.74, 6) is 0.749. The van der Waals surface area contributed by atoms with E-state index >= 15 is 0 Å². The van der Waals surface area contributed by atoms with Crippen LogP contribution >= 0.6 is 0 Å². The van der Waals surface area contributed by atoms with Crippen LogP contribution in [0.3, 0.4) is 0 Å². The number of aliphatic hydroxyl groups excluding tert-OH is 1. The van der Waals surface area contributed by atoms with Gasteiger partial charge in [0.15, 0.2) is 0 Å². The predicted molar refractivity (Wildman–Crippen MR) is 70.1 cm³/mol. The van der Waals surface area contributed by atoms with Gasteiger partial charge in [0.05, 0.1) is 6.61 Å². The van der Waals surface area contributed by atoms with Gasteiger partial charge in [-0.1, -0.05) is 12.1 Å². The van der Waals surface area contributed by atoms with E-state index in [1.54, 1.807) is 21.3 Å². The summed E-state index contributed by atoms with van der Waals surface area (Å²) in [7, 11) is 1.97. The molecule has 0 spiro atoms. The molecule has 0 heterocycles. The van der Waals surface area contributed by atoms with Gasteiger partial charge < -0.3 is 23.1 Å². The molecule has 18 heavy (non-hydrogen) atoms. The highest BCUT2D eigenvalue weighted by molar-refractivity contribution is 6.75. The Morgan fingerprint density at radius 1 is 1.00 bits per heavy atom. The smallest absolute Gasteiger partial charge is 0.494 e. The second-order valence-corrected chi connectivity index (χ2v) is 6.53. The van der Waals surface area contributed by atoms with Crippen LogP contribution in [0.15, 0.2) is 24.3 Å². The molecule has 0 unspecified atom stereocenters. The highest BCUT2D eigenvalue weighted by Gasteiger charge is 2.40. The van der Waals surface area contributed by atoms with Gasteiger partial charge in [0, 0.05) is 39.5 Å². The van der Waals surface area contributed by atoms with Gasteiger partial charge >= 0.3 is 8.80 Å². The van der Waals surface area contributed by atoms with Crippen LogP contribution in [0.25, 0.3) is 0 Å². The van der Waals surface area contributed by atoms with Crippen LogP contribution in [0.1, 0.15) is 6.42 Å². The molecular formula is C12H20O5Si. The lowest BCUT2D eigenvalue weighted by Crippen LogP contribution is -2.54. The summed E-state index contributed by atoms with van der Waals surface area (Å²) in [5.41, 5.74) is 0. The van der Waals surface area contributed by atoms with Crippen LogP contribution in [0, 0.1) is 0 Å². The van der Waals surface area contributed by atoms with Crippen molar-refractivity contribution in [2.45, 2.75) is 6.42 Å². The first-order chi connectivity index (χ1) is 8.72. The van der Waals surface area contributed by atoms with E-state index in [2.05, 4.69) is 0 Å². The first-order valence-corrected chi connectivity index (χ1v) is 7.44. The molecule has 5 nitrogen and oxygen atoms in total. The Morgan fingerprint density at radius 2 is 1.56 bits per heavy atom. The van der Waals surface area contributed by atoms with E-state index in [0.717, 1.165) is 10.9 Å². The van der Waals surface area contributed by atoms with Crippen molar-refractivity contribution in [2.24, 2.45) is 0 Å². The molecule has 102 valence electrons. The Bertz CT molecular complexity index is 329. The summed E-state index contributed by atoms with van der Waals surface area (Å²) < 4.78 is 21.6. The fourth-order valence-electron chi connectivity index (χ4n) is 1.61. The minimum Gasteiger partial charge on any atom is -0.494 e. The molecule has 1 rings (SSSR count). The maximum atomic E-state index is 8.67. The molecule has 0 saturated carbocycles. The zero-order chi connectivity index (χ0) is 13.4. The fraction of sp³-hybridized carbons (Fsp3) is 0.500. The standard InChI is InChI=1S/C12H20O5Si/c1-14-18(15-2,16-3)12-7-5-11(6-8-12)17-10-4-9-13/h5-8,13H,4,9-10H2,1-3H3. The first kappa shape index (κ1) is 15.1. The zero-order valence-electron chi connectivity index (χ0n) is 11.0. The summed E-state index contributed by atoms with van der Waals surface area (Å²) in [6.07, 6.45) is 0.620. The Morgan fingerprint density at radius 3 is 2.00 bits per heavy atom. The SMILES string of the molecule is CO[Si](OC)(OC)c1ccc(OCCCO)cc1. The van der Waals surface area contributed by atoms with E-state index in [9.17, 15) is 0 Å². The van der Waals surface area contributed by atoms with Gasteiger partial charge in [0.25, 0.3) is 0 Å². The number of benzene rings is 1. The minimum absolute atomic E-state index is 0.130. The van der Waals surface area contributed by atoms with Crippen LogP contribution in [-0.2, 0) is 13.3 Å². The molecule has 0 aliphatic carbocycles. The van der Waals surface area contributed by atoms with Crippen molar-refractivity contribution < 1.29 is 23.1 Å². The van der Waals surface area contributed by atoms with E-state index in [1.807, 2.05) is 24.3 Å². The molecule has 0 amide bonds. The Kier molecular flexibility index (Phi) is 6.30. The summed E-state index contributed by atoms with van der Waals surface area (Å²) in [4.78, 5) is 0. The monoisotopic (exact) mass is 272 g/mol. The van der Waals surface area contributed by atoms with Gasteiger partial charge in [-0.05, 0) is 12.1 Å². The fourth-order valence-corrected chi connectivity index (χ4v) is 3.40. The quantitative estimate of drug-likeness (QED) is 0.553. The summed E-state index contributed by atoms with van der Waals surface area (Å²) >= 11 is 0. The van der Waals surface area contributed by atoms with Gasteiger partial charge in [-0.15, -0.1) is 0 Å². The number of rotatable bonds is 8. The lowest BCUT2D eigenvalue weighted by molar-refractivity contribution is 0.140. The molecule has 1 aromatic rings. The third kappa shape index (κ3) is 3.53. The molecule has 0 aliphatic heterocycles. The lowest BCUT2D eigenvalue weighted by Gasteiger charge is -2.24. The Labute approximate surface area is 109 Å². The third-order valence-corrected chi connectivity index (χ3v) is 5.24. The highest BCUT2D eigenvalue weighted by Crippen LogP contribution is 2.12. The lowest BCUT2D eigenvalue weighted by atomic mass is 10.3. The van der Waals surface area contributed by atoms with Crippen molar-refractivity contribution in [3.63, 3.8) is 0 Å². The predicted octanol–water partition coefficient (Wildman–Crippen LogP) is 0.533. The number of ether oxygens (including phenoxy) is 1. The van der Waals surface area contributed by atoms with Crippen molar-refractivity contribution in [2.75, 3.05) is 34.5 Å². The average molecular weight is 272 g/mol. The number of hydrogen-bond donors (Lipinski definition) is 1. The molecule has 1 N–H and O–H groups in total. The maximum Gasteiger partial charge on any atom is 0.536 e. The van der Waals surface area contributed by atoms with Crippen LogP contribution in [0.5, 0.6) is 5.75 Å². The van der Waals surface area contributed by atoms with Gasteiger partial charge in [-0.2, -0.15) is 0 Å². The summed E-state index contributed by atoms with van der Waals surface area (Å²) in [6.45, 7) is 0.627. The molecule has 1 aromatic carbocycles. The second-order valence-electron chi connectivity index (χ2n) is 3.62. The molecular weight excluding hydrogens is 252 g/mol. The molecule has 0 aliphatic rings. The van der Waals surface area contributed by atoms with Crippen LogP contribution in [0.4, 0.5) is 0 Å². The topological polar surface area (TPSA) is 57.2 Å². The van der Waals surface area contributed by atoms with Crippen LogP contribution in [0.2, 0.25) is 0 Å². The van der Waals surface area contributed by atoms with Crippen molar-refractivity contribution >= 4 is 14.0 Å². The van der Waals surface area contributed by atoms with Crippen molar-refractivity contribution in [3.8, 4) is 5.75 Å². The molecule has 0 fully saturated rings. The van der Waals surface area contributed by atoms with Gasteiger partial charge in [0.1, 0.15) is 5.75 Å². The van der Waals surface area contributed by atoms with E-state index in [0.29, 0.717) is 13.0 Å². The van der Waals surface area contributed by atoms with Gasteiger partial charge in [0.2, 0.25) is 0 Å². The molecule has 0 aromatic heterocycles. The first-order valence-electron chi connectivity index (χ1n) is 5.72. The van der Waals surface area contributed by atoms with E-state index < -0.39 is 8.80 Å². The third-order valence-electron chi connectivity index (χ3n) is 2.59.